The van der Waals surface area contributed by atoms with Crippen molar-refractivity contribution in [1.29, 1.82) is 0 Å². The lowest BCUT2D eigenvalue weighted by molar-refractivity contribution is 0.400. The maximum Gasteiger partial charge on any atom is 0.141 e. The summed E-state index contributed by atoms with van der Waals surface area (Å²) in [5.41, 5.74) is 6.98. The summed E-state index contributed by atoms with van der Waals surface area (Å²) < 4.78 is 0.879. The van der Waals surface area contributed by atoms with Crippen molar-refractivity contribution in [3.05, 3.63) is 16.0 Å². The van der Waals surface area contributed by atoms with Crippen LogP contribution in [0.5, 0.6) is 0 Å². The molecule has 0 unspecified atom stereocenters. The lowest BCUT2D eigenvalue weighted by Crippen LogP contribution is -2.16. The minimum Gasteiger partial charge on any atom is -0.383 e. The molecule has 1 aromatic heterocycles. The second-order valence-electron chi connectivity index (χ2n) is 4.95. The maximum absolute atomic E-state index is 5.92. The van der Waals surface area contributed by atoms with Crippen LogP contribution in [-0.2, 0) is 6.42 Å². The average Bonchev–Trinajstić information content (AvgIpc) is 2.09. The first-order valence-electron chi connectivity index (χ1n) is 5.89. The predicted octanol–water partition coefficient (Wildman–Crippen LogP) is 3.29. The highest BCUT2D eigenvalue weighted by molar-refractivity contribution is 9.10. The van der Waals surface area contributed by atoms with Gasteiger partial charge in [-0.3, -0.25) is 0 Å². The first-order chi connectivity index (χ1) is 7.58. The monoisotopic (exact) mass is 283 g/mol. The van der Waals surface area contributed by atoms with Gasteiger partial charge < -0.3 is 5.73 Å². The topological polar surface area (TPSA) is 51.8 Å². The van der Waals surface area contributed by atoms with E-state index in [0.29, 0.717) is 17.7 Å². The molecule has 1 aliphatic rings. The molecule has 0 spiro atoms. The van der Waals surface area contributed by atoms with Gasteiger partial charge in [0.2, 0.25) is 0 Å². The van der Waals surface area contributed by atoms with Gasteiger partial charge >= 0.3 is 0 Å². The summed E-state index contributed by atoms with van der Waals surface area (Å²) in [5.74, 6) is 2.66. The molecule has 1 fully saturated rings. The van der Waals surface area contributed by atoms with Crippen LogP contribution in [0.1, 0.15) is 50.5 Å². The number of halogens is 1. The van der Waals surface area contributed by atoms with Crippen LogP contribution in [0.3, 0.4) is 0 Å². The molecule has 0 aromatic carbocycles. The lowest BCUT2D eigenvalue weighted by atomic mass is 9.85. The van der Waals surface area contributed by atoms with Crippen molar-refractivity contribution in [2.75, 3.05) is 5.73 Å². The molecule has 3 nitrogen and oxygen atoms in total. The van der Waals surface area contributed by atoms with E-state index >= 15 is 0 Å². The van der Waals surface area contributed by atoms with E-state index in [4.69, 9.17) is 5.73 Å². The zero-order valence-corrected chi connectivity index (χ0v) is 11.4. The Bertz CT molecular complexity index is 386. The van der Waals surface area contributed by atoms with Crippen LogP contribution in [0.4, 0.5) is 5.82 Å². The Balaban J connectivity index is 2.30. The van der Waals surface area contributed by atoms with Crippen molar-refractivity contribution >= 4 is 21.7 Å². The number of hydrogen-bond donors (Lipinski definition) is 1. The number of nitrogens with zero attached hydrogens (tertiary/aromatic N) is 2. The van der Waals surface area contributed by atoms with Gasteiger partial charge in [-0.25, -0.2) is 9.97 Å². The van der Waals surface area contributed by atoms with Crippen LogP contribution in [0.15, 0.2) is 4.47 Å². The summed E-state index contributed by atoms with van der Waals surface area (Å²) in [6.07, 6.45) is 4.67. The first kappa shape index (κ1) is 11.8. The first-order valence-corrected chi connectivity index (χ1v) is 6.69. The minimum atomic E-state index is 0.543. The zero-order valence-electron chi connectivity index (χ0n) is 9.83. The number of rotatable bonds is 3. The van der Waals surface area contributed by atoms with Crippen LogP contribution in [0.2, 0.25) is 0 Å². The largest absolute Gasteiger partial charge is 0.383 e. The Kier molecular flexibility index (Phi) is 3.47. The Morgan fingerprint density at radius 2 is 2.06 bits per heavy atom. The van der Waals surface area contributed by atoms with E-state index in [1.54, 1.807) is 0 Å². The molecular formula is C12H18BrN3. The highest BCUT2D eigenvalue weighted by Crippen LogP contribution is 2.36. The minimum absolute atomic E-state index is 0.543. The van der Waals surface area contributed by atoms with E-state index in [2.05, 4.69) is 39.7 Å². The smallest absolute Gasteiger partial charge is 0.141 e. The third-order valence-electron chi connectivity index (χ3n) is 3.03. The Hall–Kier alpha value is -0.640. The van der Waals surface area contributed by atoms with Crippen molar-refractivity contribution in [3.63, 3.8) is 0 Å². The Morgan fingerprint density at radius 3 is 2.56 bits per heavy atom. The Morgan fingerprint density at radius 1 is 1.38 bits per heavy atom. The molecule has 1 heterocycles. The Labute approximate surface area is 105 Å². The predicted molar refractivity (Wildman–Crippen MR) is 69.3 cm³/mol. The summed E-state index contributed by atoms with van der Waals surface area (Å²) in [7, 11) is 0. The van der Waals surface area contributed by atoms with Gasteiger partial charge in [-0.1, -0.05) is 20.3 Å². The molecule has 88 valence electrons. The van der Waals surface area contributed by atoms with Crippen molar-refractivity contribution in [1.82, 2.24) is 9.97 Å². The quantitative estimate of drug-likeness (QED) is 0.926. The maximum atomic E-state index is 5.92. The van der Waals surface area contributed by atoms with Gasteiger partial charge in [0.25, 0.3) is 0 Å². The van der Waals surface area contributed by atoms with Crippen LogP contribution in [0, 0.1) is 5.92 Å². The second kappa shape index (κ2) is 4.70. The van der Waals surface area contributed by atoms with Crippen LogP contribution < -0.4 is 5.73 Å². The number of aromatic nitrogens is 2. The fraction of sp³-hybridized carbons (Fsp3) is 0.667. The highest BCUT2D eigenvalue weighted by Gasteiger charge is 2.24. The van der Waals surface area contributed by atoms with Gasteiger partial charge in [-0.15, -0.1) is 0 Å². The zero-order chi connectivity index (χ0) is 11.7. The van der Waals surface area contributed by atoms with Crippen LogP contribution in [0.25, 0.3) is 0 Å². The van der Waals surface area contributed by atoms with Gasteiger partial charge in [0.05, 0.1) is 10.2 Å². The molecule has 0 bridgehead atoms. The van der Waals surface area contributed by atoms with Gasteiger partial charge in [0.15, 0.2) is 0 Å². The molecular weight excluding hydrogens is 266 g/mol. The van der Waals surface area contributed by atoms with E-state index in [1.165, 1.54) is 19.3 Å². The molecule has 0 atom stereocenters. The van der Waals surface area contributed by atoms with E-state index in [9.17, 15) is 0 Å². The normalized spacial score (nSPS) is 16.5. The molecule has 0 aliphatic heterocycles. The average molecular weight is 284 g/mol. The van der Waals surface area contributed by atoms with Crippen molar-refractivity contribution in [3.8, 4) is 0 Å². The molecule has 0 amide bonds. The highest BCUT2D eigenvalue weighted by atomic mass is 79.9. The number of hydrogen-bond acceptors (Lipinski definition) is 3. The third-order valence-corrected chi connectivity index (χ3v) is 3.90. The molecule has 1 aliphatic carbocycles. The number of anilines is 1. The molecule has 0 radical (unpaired) electrons. The SMILES string of the molecule is CC(C)Cc1nc(C2CCC2)nc(N)c1Br. The number of nitrogen functional groups attached to an aromatic ring is 1. The standard InChI is InChI=1S/C12H18BrN3/c1-7(2)6-9-10(13)11(14)16-12(15-9)8-4-3-5-8/h7-8H,3-6H2,1-2H3,(H2,14,15,16). The van der Waals surface area contributed by atoms with E-state index in [-0.39, 0.29) is 0 Å². The van der Waals surface area contributed by atoms with Gasteiger partial charge in [0.1, 0.15) is 11.6 Å². The molecule has 2 N–H and O–H groups in total. The van der Waals surface area contributed by atoms with Crippen molar-refractivity contribution in [2.24, 2.45) is 5.92 Å². The molecule has 1 saturated carbocycles. The summed E-state index contributed by atoms with van der Waals surface area (Å²) in [5, 5.41) is 0. The van der Waals surface area contributed by atoms with E-state index < -0.39 is 0 Å². The van der Waals surface area contributed by atoms with Crippen molar-refractivity contribution < 1.29 is 0 Å². The van der Waals surface area contributed by atoms with E-state index in [1.807, 2.05) is 0 Å². The molecule has 16 heavy (non-hydrogen) atoms. The third kappa shape index (κ3) is 2.37. The van der Waals surface area contributed by atoms with Crippen LogP contribution in [-0.4, -0.2) is 9.97 Å². The molecule has 2 rings (SSSR count). The fourth-order valence-electron chi connectivity index (χ4n) is 1.90. The van der Waals surface area contributed by atoms with Crippen LogP contribution >= 0.6 is 15.9 Å². The molecule has 0 saturated heterocycles. The summed E-state index contributed by atoms with van der Waals surface area (Å²) in [4.78, 5) is 9.04. The molecule has 4 heteroatoms. The van der Waals surface area contributed by atoms with Gasteiger partial charge in [-0.05, 0) is 41.1 Å². The summed E-state index contributed by atoms with van der Waals surface area (Å²) in [6.45, 7) is 4.38. The second-order valence-corrected chi connectivity index (χ2v) is 5.75. The number of nitrogens with two attached hydrogens (primary N) is 1. The van der Waals surface area contributed by atoms with Crippen molar-refractivity contribution in [2.45, 2.75) is 45.4 Å². The fourth-order valence-corrected chi connectivity index (χ4v) is 2.24. The van der Waals surface area contributed by atoms with Gasteiger partial charge in [-0.2, -0.15) is 0 Å². The summed E-state index contributed by atoms with van der Waals surface area (Å²) >= 11 is 3.48. The van der Waals surface area contributed by atoms with Gasteiger partial charge in [0, 0.05) is 5.92 Å². The van der Waals surface area contributed by atoms with E-state index in [0.717, 1.165) is 22.4 Å². The lowest BCUT2D eigenvalue weighted by Gasteiger charge is -2.24. The molecule has 1 aromatic rings. The summed E-state index contributed by atoms with van der Waals surface area (Å²) in [6, 6.07) is 0.